The van der Waals surface area contributed by atoms with Crippen molar-refractivity contribution >= 4 is 41.7 Å². The predicted octanol–water partition coefficient (Wildman–Crippen LogP) is 3.78. The Bertz CT molecular complexity index is 686. The second kappa shape index (κ2) is 12.9. The minimum absolute atomic E-state index is 0. The van der Waals surface area contributed by atoms with E-state index >= 15 is 0 Å². The van der Waals surface area contributed by atoms with Crippen LogP contribution in [0.2, 0.25) is 0 Å². The standard InChI is InChI=1S/C19H24FN3OS.HI/c1-2-21-19(22-10-11-25-17-6-4-3-5-7-17)23-13-15-8-9-18(20)16(12-15)14-24;/h3-9,12,24H,2,10-11,13-14H2,1H3,(H2,21,22,23);1H. The molecule has 0 unspecified atom stereocenters. The molecule has 0 atom stereocenters. The largest absolute Gasteiger partial charge is 0.392 e. The maximum atomic E-state index is 13.4. The van der Waals surface area contributed by atoms with Crippen LogP contribution >= 0.6 is 35.7 Å². The number of thioether (sulfide) groups is 1. The van der Waals surface area contributed by atoms with Crippen LogP contribution in [0.3, 0.4) is 0 Å². The lowest BCUT2D eigenvalue weighted by Crippen LogP contribution is -2.38. The van der Waals surface area contributed by atoms with Gasteiger partial charge in [0.05, 0.1) is 13.2 Å². The van der Waals surface area contributed by atoms with Gasteiger partial charge >= 0.3 is 0 Å². The lowest BCUT2D eigenvalue weighted by atomic mass is 10.1. The lowest BCUT2D eigenvalue weighted by Gasteiger charge is -2.11. The van der Waals surface area contributed by atoms with Crippen LogP contribution in [-0.4, -0.2) is 29.9 Å². The fourth-order valence-electron chi connectivity index (χ4n) is 2.21. The Morgan fingerprint density at radius 2 is 1.92 bits per heavy atom. The minimum atomic E-state index is -0.391. The fraction of sp³-hybridized carbons (Fsp3) is 0.316. The van der Waals surface area contributed by atoms with Gasteiger partial charge in [0.2, 0.25) is 0 Å². The van der Waals surface area contributed by atoms with Gasteiger partial charge in [0, 0.05) is 29.3 Å². The molecule has 4 nitrogen and oxygen atoms in total. The van der Waals surface area contributed by atoms with Gasteiger partial charge in [-0.1, -0.05) is 24.3 Å². The van der Waals surface area contributed by atoms with E-state index in [0.29, 0.717) is 12.1 Å². The Labute approximate surface area is 175 Å². The first kappa shape index (κ1) is 22.7. The van der Waals surface area contributed by atoms with Crippen LogP contribution in [-0.2, 0) is 13.2 Å². The first-order chi connectivity index (χ1) is 12.2. The SMILES string of the molecule is CCNC(=NCc1ccc(F)c(CO)c1)NCCSc1ccccc1.I. The monoisotopic (exact) mass is 489 g/mol. The summed E-state index contributed by atoms with van der Waals surface area (Å²) in [5.41, 5.74) is 1.16. The Morgan fingerprint density at radius 1 is 1.15 bits per heavy atom. The number of nitrogens with one attached hydrogen (secondary N) is 2. The van der Waals surface area contributed by atoms with E-state index in [9.17, 15) is 4.39 Å². The number of guanidine groups is 1. The molecule has 0 aliphatic heterocycles. The van der Waals surface area contributed by atoms with Gasteiger partial charge in [-0.2, -0.15) is 0 Å². The van der Waals surface area contributed by atoms with E-state index in [2.05, 4.69) is 27.8 Å². The number of aliphatic hydroxyl groups excluding tert-OH is 1. The molecule has 142 valence electrons. The van der Waals surface area contributed by atoms with E-state index in [1.807, 2.05) is 25.1 Å². The molecule has 0 amide bonds. The second-order valence-electron chi connectivity index (χ2n) is 5.37. The normalized spacial score (nSPS) is 11.0. The number of hydrogen-bond acceptors (Lipinski definition) is 3. The zero-order valence-corrected chi connectivity index (χ0v) is 17.9. The van der Waals surface area contributed by atoms with Crippen molar-refractivity contribution in [3.05, 3.63) is 65.5 Å². The zero-order chi connectivity index (χ0) is 17.9. The van der Waals surface area contributed by atoms with Gasteiger partial charge in [-0.15, -0.1) is 35.7 Å². The molecule has 0 aliphatic rings. The molecular weight excluding hydrogens is 464 g/mol. The summed E-state index contributed by atoms with van der Waals surface area (Å²) < 4.78 is 13.4. The molecule has 0 heterocycles. The Hall–Kier alpha value is -1.32. The van der Waals surface area contributed by atoms with Gasteiger partial charge < -0.3 is 15.7 Å². The molecule has 2 rings (SSSR count). The summed E-state index contributed by atoms with van der Waals surface area (Å²) >= 11 is 1.79. The van der Waals surface area contributed by atoms with E-state index in [0.717, 1.165) is 30.4 Å². The molecule has 2 aromatic carbocycles. The smallest absolute Gasteiger partial charge is 0.191 e. The molecule has 0 saturated heterocycles. The van der Waals surface area contributed by atoms with E-state index in [4.69, 9.17) is 5.11 Å². The highest BCUT2D eigenvalue weighted by Gasteiger charge is 2.03. The molecule has 7 heteroatoms. The average Bonchev–Trinajstić information content (AvgIpc) is 2.65. The summed E-state index contributed by atoms with van der Waals surface area (Å²) in [5, 5.41) is 15.6. The quantitative estimate of drug-likeness (QED) is 0.174. The third-order valence-electron chi connectivity index (χ3n) is 3.45. The number of benzene rings is 2. The minimum Gasteiger partial charge on any atom is -0.392 e. The van der Waals surface area contributed by atoms with Gasteiger partial charge in [-0.05, 0) is 36.8 Å². The molecule has 3 N–H and O–H groups in total. The highest BCUT2D eigenvalue weighted by atomic mass is 127. The number of rotatable bonds is 8. The number of aliphatic hydroxyl groups is 1. The highest BCUT2D eigenvalue weighted by Crippen LogP contribution is 2.15. The third-order valence-corrected chi connectivity index (χ3v) is 4.46. The van der Waals surface area contributed by atoms with Crippen LogP contribution in [0.15, 0.2) is 58.4 Å². The predicted molar refractivity (Wildman–Crippen MR) is 118 cm³/mol. The summed E-state index contributed by atoms with van der Waals surface area (Å²) in [4.78, 5) is 5.76. The van der Waals surface area contributed by atoms with Crippen LogP contribution in [0.1, 0.15) is 18.1 Å². The Morgan fingerprint density at radius 3 is 2.62 bits per heavy atom. The summed E-state index contributed by atoms with van der Waals surface area (Å²) in [7, 11) is 0. The molecule has 26 heavy (non-hydrogen) atoms. The van der Waals surface area contributed by atoms with Crippen LogP contribution in [0.4, 0.5) is 4.39 Å². The first-order valence-corrected chi connectivity index (χ1v) is 9.29. The van der Waals surface area contributed by atoms with Gasteiger partial charge in [0.15, 0.2) is 5.96 Å². The number of aliphatic imine (C=N–C) groups is 1. The molecule has 0 spiro atoms. The zero-order valence-electron chi connectivity index (χ0n) is 14.7. The number of halogens is 2. The highest BCUT2D eigenvalue weighted by molar-refractivity contribution is 14.0. The van der Waals surface area contributed by atoms with Gasteiger partial charge in [0.1, 0.15) is 5.82 Å². The van der Waals surface area contributed by atoms with Crippen LogP contribution < -0.4 is 10.6 Å². The third kappa shape index (κ3) is 7.92. The molecule has 0 fully saturated rings. The Kier molecular flexibility index (Phi) is 11.3. The molecular formula is C19H25FIN3OS. The van der Waals surface area contributed by atoms with Crippen molar-refractivity contribution in [3.63, 3.8) is 0 Å². The van der Waals surface area contributed by atoms with E-state index in [-0.39, 0.29) is 30.6 Å². The van der Waals surface area contributed by atoms with Crippen molar-refractivity contribution in [1.82, 2.24) is 10.6 Å². The Balaban J connectivity index is 0.00000338. The maximum absolute atomic E-state index is 13.4. The lowest BCUT2D eigenvalue weighted by molar-refractivity contribution is 0.275. The van der Waals surface area contributed by atoms with Crippen LogP contribution in [0.25, 0.3) is 0 Å². The molecule has 0 bridgehead atoms. The molecule has 0 aromatic heterocycles. The molecule has 0 aliphatic carbocycles. The van der Waals surface area contributed by atoms with Crippen molar-refractivity contribution in [2.45, 2.75) is 25.0 Å². The topological polar surface area (TPSA) is 56.7 Å². The van der Waals surface area contributed by atoms with E-state index < -0.39 is 5.82 Å². The van der Waals surface area contributed by atoms with E-state index in [1.54, 1.807) is 23.9 Å². The summed E-state index contributed by atoms with van der Waals surface area (Å²) in [6.07, 6.45) is 0. The van der Waals surface area contributed by atoms with E-state index in [1.165, 1.54) is 11.0 Å². The summed E-state index contributed by atoms with van der Waals surface area (Å²) in [5.74, 6) is 1.27. The van der Waals surface area contributed by atoms with Gasteiger partial charge in [-0.3, -0.25) is 0 Å². The summed E-state index contributed by atoms with van der Waals surface area (Å²) in [6.45, 7) is 3.68. The van der Waals surface area contributed by atoms with Gasteiger partial charge in [0.25, 0.3) is 0 Å². The van der Waals surface area contributed by atoms with Crippen molar-refractivity contribution in [1.29, 1.82) is 0 Å². The average molecular weight is 489 g/mol. The second-order valence-corrected chi connectivity index (χ2v) is 6.54. The molecule has 0 saturated carbocycles. The molecule has 0 radical (unpaired) electrons. The fourth-order valence-corrected chi connectivity index (χ4v) is 3.00. The number of hydrogen-bond donors (Lipinski definition) is 3. The first-order valence-electron chi connectivity index (χ1n) is 8.31. The number of nitrogens with zero attached hydrogens (tertiary/aromatic N) is 1. The van der Waals surface area contributed by atoms with Crippen molar-refractivity contribution in [2.24, 2.45) is 4.99 Å². The van der Waals surface area contributed by atoms with Gasteiger partial charge in [-0.25, -0.2) is 9.38 Å². The summed E-state index contributed by atoms with van der Waals surface area (Å²) in [6, 6.07) is 15.0. The van der Waals surface area contributed by atoms with Crippen molar-refractivity contribution in [3.8, 4) is 0 Å². The maximum Gasteiger partial charge on any atom is 0.191 e. The van der Waals surface area contributed by atoms with Crippen molar-refractivity contribution < 1.29 is 9.50 Å². The van der Waals surface area contributed by atoms with Crippen LogP contribution in [0.5, 0.6) is 0 Å². The van der Waals surface area contributed by atoms with Crippen LogP contribution in [0, 0.1) is 5.82 Å². The van der Waals surface area contributed by atoms with Crippen molar-refractivity contribution in [2.75, 3.05) is 18.8 Å². The molecule has 2 aromatic rings.